The number of aromatic carboxylic acids is 1. The van der Waals surface area contributed by atoms with Gasteiger partial charge in [-0.2, -0.15) is 0 Å². The molecule has 0 amide bonds. The Morgan fingerprint density at radius 1 is 0.720 bits per heavy atom. The van der Waals surface area contributed by atoms with Crippen LogP contribution in [-0.4, -0.2) is 36.2 Å². The average Bonchev–Trinajstić information content (AvgIpc) is 3.66. The minimum Gasteiger partial charge on any atom is -0.482 e. The van der Waals surface area contributed by atoms with E-state index in [4.69, 9.17) is 4.74 Å². The highest BCUT2D eigenvalue weighted by atomic mass is 16.6. The third-order valence-corrected chi connectivity index (χ3v) is 8.59. The summed E-state index contributed by atoms with van der Waals surface area (Å²) in [6.07, 6.45) is 0. The Kier molecular flexibility index (Phi) is 8.64. The number of benzene rings is 6. The van der Waals surface area contributed by atoms with Crippen molar-refractivity contribution in [2.24, 2.45) is 0 Å². The van der Waals surface area contributed by atoms with Gasteiger partial charge in [-0.05, 0) is 49.9 Å². The first-order chi connectivity index (χ1) is 24.5. The molecule has 0 bridgehead atoms. The van der Waals surface area contributed by atoms with E-state index < -0.39 is 16.4 Å². The van der Waals surface area contributed by atoms with E-state index >= 15 is 0 Å². The predicted molar refractivity (Wildman–Crippen MR) is 188 cm³/mol. The number of hydrogen-bond donors (Lipinski definition) is 1. The van der Waals surface area contributed by atoms with Crippen molar-refractivity contribution in [3.05, 3.63) is 196 Å². The lowest BCUT2D eigenvalue weighted by Crippen LogP contribution is -2.39. The van der Waals surface area contributed by atoms with Crippen LogP contribution in [0.25, 0.3) is 22.5 Å². The zero-order valence-corrected chi connectivity index (χ0v) is 26.5. The molecule has 0 spiro atoms. The van der Waals surface area contributed by atoms with Crippen molar-refractivity contribution in [2.75, 3.05) is 0 Å². The summed E-state index contributed by atoms with van der Waals surface area (Å²) < 4.78 is 7.64. The van der Waals surface area contributed by atoms with E-state index in [1.807, 2.05) is 108 Å². The van der Waals surface area contributed by atoms with Crippen LogP contribution in [0.5, 0.6) is 5.75 Å². The molecule has 6 aromatic carbocycles. The van der Waals surface area contributed by atoms with Gasteiger partial charge >= 0.3 is 11.7 Å². The summed E-state index contributed by atoms with van der Waals surface area (Å²) in [5.41, 5.74) is 4.97. The highest BCUT2D eigenvalue weighted by Crippen LogP contribution is 2.43. The van der Waals surface area contributed by atoms with E-state index in [1.165, 1.54) is 6.07 Å². The van der Waals surface area contributed by atoms with Crippen molar-refractivity contribution in [3.63, 3.8) is 0 Å². The second-order valence-electron chi connectivity index (χ2n) is 11.5. The molecule has 0 aliphatic carbocycles. The van der Waals surface area contributed by atoms with E-state index in [1.54, 1.807) is 0 Å². The van der Waals surface area contributed by atoms with Crippen LogP contribution in [0.3, 0.4) is 0 Å². The van der Waals surface area contributed by atoms with Gasteiger partial charge in [0.15, 0.2) is 11.6 Å². The van der Waals surface area contributed by atoms with Gasteiger partial charge in [-0.15, -0.1) is 5.10 Å². The van der Waals surface area contributed by atoms with Crippen LogP contribution in [0.2, 0.25) is 0 Å². The molecule has 0 fully saturated rings. The number of hydrogen-bond acceptors (Lipinski definition) is 7. The minimum atomic E-state index is -1.20. The number of carbonyl (C=O) groups is 1. The molecule has 50 heavy (non-hydrogen) atoms. The topological polar surface area (TPSA) is 133 Å². The fourth-order valence-corrected chi connectivity index (χ4v) is 6.27. The highest BCUT2D eigenvalue weighted by molar-refractivity contribution is 5.88. The maximum atomic E-state index is 11.5. The van der Waals surface area contributed by atoms with Gasteiger partial charge in [0.25, 0.3) is 0 Å². The van der Waals surface area contributed by atoms with Gasteiger partial charge in [0, 0.05) is 17.7 Å². The van der Waals surface area contributed by atoms with Crippen LogP contribution in [0, 0.1) is 10.1 Å². The molecule has 1 heterocycles. The number of carboxylic acid groups (broad SMARTS) is 1. The summed E-state index contributed by atoms with van der Waals surface area (Å²) in [7, 11) is 0. The molecule has 0 saturated carbocycles. The number of aromatic nitrogens is 4. The summed E-state index contributed by atoms with van der Waals surface area (Å²) in [6, 6.07) is 49.6. The standard InChI is InChI=1S/C40H29N5O5/c46-39(47)30-24-25-36(45(48)49)37(26-30)50-27-28-20-22-29(23-21-28)34-18-10-11-19-35(34)38-41-42-43-44(38)40(31-12-4-1-5-13-31,32-14-6-2-7-15-32)33-16-8-3-9-17-33/h1-26H,27H2,(H,46,47). The quantitative estimate of drug-likeness (QED) is 0.0838. The van der Waals surface area contributed by atoms with Crippen molar-refractivity contribution in [3.8, 4) is 28.3 Å². The van der Waals surface area contributed by atoms with E-state index in [2.05, 4.69) is 51.9 Å². The number of nitro groups is 1. The van der Waals surface area contributed by atoms with Crippen LogP contribution in [0.15, 0.2) is 158 Å². The molecule has 7 rings (SSSR count). The van der Waals surface area contributed by atoms with Gasteiger partial charge in [-0.1, -0.05) is 140 Å². The summed E-state index contributed by atoms with van der Waals surface area (Å²) >= 11 is 0. The average molecular weight is 660 g/mol. The Bertz CT molecular complexity index is 2180. The Labute approximate surface area is 287 Å². The van der Waals surface area contributed by atoms with Crippen molar-refractivity contribution in [2.45, 2.75) is 12.1 Å². The zero-order valence-electron chi connectivity index (χ0n) is 26.5. The number of tetrazole rings is 1. The molecule has 7 aromatic rings. The first-order valence-electron chi connectivity index (χ1n) is 15.8. The van der Waals surface area contributed by atoms with Gasteiger partial charge in [-0.3, -0.25) is 10.1 Å². The Morgan fingerprint density at radius 3 is 1.80 bits per heavy atom. The summed E-state index contributed by atoms with van der Waals surface area (Å²) in [6.45, 7) is -0.00215. The van der Waals surface area contributed by atoms with Crippen molar-refractivity contribution in [1.29, 1.82) is 0 Å². The first-order valence-corrected chi connectivity index (χ1v) is 15.8. The van der Waals surface area contributed by atoms with Gasteiger partial charge in [0.2, 0.25) is 0 Å². The molecule has 0 saturated heterocycles. The second-order valence-corrected chi connectivity index (χ2v) is 11.5. The van der Waals surface area contributed by atoms with Crippen LogP contribution >= 0.6 is 0 Å². The highest BCUT2D eigenvalue weighted by Gasteiger charge is 2.42. The van der Waals surface area contributed by atoms with Crippen molar-refractivity contribution >= 4 is 11.7 Å². The Balaban J connectivity index is 1.29. The zero-order chi connectivity index (χ0) is 34.5. The molecular weight excluding hydrogens is 630 g/mol. The molecule has 0 radical (unpaired) electrons. The van der Waals surface area contributed by atoms with Crippen LogP contribution in [0.1, 0.15) is 32.6 Å². The fourth-order valence-electron chi connectivity index (χ4n) is 6.27. The normalized spacial score (nSPS) is 11.2. The van der Waals surface area contributed by atoms with E-state index in [0.29, 0.717) is 5.82 Å². The molecule has 1 aromatic heterocycles. The van der Waals surface area contributed by atoms with Gasteiger partial charge < -0.3 is 9.84 Å². The summed E-state index contributed by atoms with van der Waals surface area (Å²) in [5, 5.41) is 34.4. The number of carboxylic acids is 1. The van der Waals surface area contributed by atoms with E-state index in [0.717, 1.165) is 51.1 Å². The summed E-state index contributed by atoms with van der Waals surface area (Å²) in [5.74, 6) is -0.752. The number of nitrogens with zero attached hydrogens (tertiary/aromatic N) is 5. The fraction of sp³-hybridized carbons (Fsp3) is 0.0500. The first kappa shape index (κ1) is 31.6. The summed E-state index contributed by atoms with van der Waals surface area (Å²) in [4.78, 5) is 22.4. The van der Waals surface area contributed by atoms with Gasteiger partial charge in [0.05, 0.1) is 10.5 Å². The number of nitro benzene ring substituents is 1. The maximum Gasteiger partial charge on any atom is 0.335 e. The third kappa shape index (κ3) is 5.86. The SMILES string of the molecule is O=C(O)c1ccc([N+](=O)[O-])c(OCc2ccc(-c3ccccc3-c3nnnn3C(c3ccccc3)(c3ccccc3)c3ccccc3)cc2)c1. The molecule has 10 nitrogen and oxygen atoms in total. The maximum absolute atomic E-state index is 11.5. The lowest BCUT2D eigenvalue weighted by Gasteiger charge is -2.36. The van der Waals surface area contributed by atoms with Crippen molar-refractivity contribution in [1.82, 2.24) is 20.2 Å². The Hall–Kier alpha value is -6.94. The van der Waals surface area contributed by atoms with E-state index in [9.17, 15) is 20.0 Å². The molecule has 0 atom stereocenters. The second kappa shape index (κ2) is 13.7. The molecule has 1 N–H and O–H groups in total. The van der Waals surface area contributed by atoms with Gasteiger partial charge in [0.1, 0.15) is 12.1 Å². The van der Waals surface area contributed by atoms with Crippen molar-refractivity contribution < 1.29 is 19.6 Å². The van der Waals surface area contributed by atoms with Crippen LogP contribution in [0.4, 0.5) is 5.69 Å². The smallest absolute Gasteiger partial charge is 0.335 e. The molecule has 244 valence electrons. The van der Waals surface area contributed by atoms with E-state index in [-0.39, 0.29) is 23.6 Å². The largest absolute Gasteiger partial charge is 0.482 e. The molecule has 10 heteroatoms. The third-order valence-electron chi connectivity index (χ3n) is 8.59. The molecule has 0 aliphatic heterocycles. The van der Waals surface area contributed by atoms with Crippen LogP contribution < -0.4 is 4.74 Å². The number of rotatable bonds is 11. The minimum absolute atomic E-state index is 0.00215. The monoisotopic (exact) mass is 659 g/mol. The van der Waals surface area contributed by atoms with Gasteiger partial charge in [-0.25, -0.2) is 9.48 Å². The predicted octanol–water partition coefficient (Wildman–Crippen LogP) is 8.03. The Morgan fingerprint density at radius 2 is 1.26 bits per heavy atom. The lowest BCUT2D eigenvalue weighted by molar-refractivity contribution is -0.385. The lowest BCUT2D eigenvalue weighted by atomic mass is 9.77. The molecule has 0 aliphatic rings. The molecule has 0 unspecified atom stereocenters. The van der Waals surface area contributed by atoms with Crippen LogP contribution in [-0.2, 0) is 12.1 Å². The molecular formula is C40H29N5O5. The number of ether oxygens (including phenoxy) is 1.